The van der Waals surface area contributed by atoms with Crippen LogP contribution in [-0.2, 0) is 16.1 Å². The van der Waals surface area contributed by atoms with Crippen LogP contribution in [0.1, 0.15) is 17.3 Å². The fourth-order valence-corrected chi connectivity index (χ4v) is 2.64. The minimum absolute atomic E-state index is 0.0356. The number of para-hydroxylation sites is 1. The van der Waals surface area contributed by atoms with Gasteiger partial charge < -0.3 is 9.84 Å². The monoisotopic (exact) mass is 369 g/mol. The van der Waals surface area contributed by atoms with Gasteiger partial charge in [-0.3, -0.25) is 14.2 Å². The molecule has 0 aliphatic rings. The number of halogens is 1. The quantitative estimate of drug-likeness (QED) is 0.544. The molecule has 0 bridgehead atoms. The van der Waals surface area contributed by atoms with Crippen molar-refractivity contribution in [3.63, 3.8) is 0 Å². The van der Waals surface area contributed by atoms with E-state index in [1.54, 1.807) is 31.2 Å². The summed E-state index contributed by atoms with van der Waals surface area (Å²) in [6.45, 7) is 1.68. The third-order valence-electron chi connectivity index (χ3n) is 3.82. The van der Waals surface area contributed by atoms with Gasteiger partial charge in [0, 0.05) is 10.9 Å². The molecule has 0 aliphatic heterocycles. The highest BCUT2D eigenvalue weighted by Crippen LogP contribution is 2.38. The maximum Gasteiger partial charge on any atom is 0.326 e. The van der Waals surface area contributed by atoms with Crippen LogP contribution in [0.25, 0.3) is 10.9 Å². The number of rotatable bonds is 5. The molecule has 0 saturated heterocycles. The Morgan fingerprint density at radius 3 is 2.70 bits per heavy atom. The molecule has 0 aliphatic carbocycles. The van der Waals surface area contributed by atoms with Crippen LogP contribution >= 0.6 is 0 Å². The molecular formula is C19H16FN3O4. The number of benzene rings is 2. The number of carbonyl (C=O) groups excluding carboxylic acids is 2. The predicted molar refractivity (Wildman–Crippen MR) is 95.5 cm³/mol. The summed E-state index contributed by atoms with van der Waals surface area (Å²) in [5, 5.41) is 18.4. The lowest BCUT2D eigenvalue weighted by molar-refractivity contribution is -0.143. The molecule has 0 fully saturated rings. The molecule has 27 heavy (non-hydrogen) atoms. The minimum Gasteiger partial charge on any atom is -0.493 e. The van der Waals surface area contributed by atoms with Crippen molar-refractivity contribution in [2.24, 2.45) is 10.2 Å². The van der Waals surface area contributed by atoms with Gasteiger partial charge in [0.15, 0.2) is 5.69 Å². The van der Waals surface area contributed by atoms with Crippen LogP contribution in [0.2, 0.25) is 0 Å². The van der Waals surface area contributed by atoms with E-state index in [-0.39, 0.29) is 30.3 Å². The Balaban J connectivity index is 1.98. The highest BCUT2D eigenvalue weighted by molar-refractivity contribution is 5.97. The number of amides is 1. The first-order valence-electron chi connectivity index (χ1n) is 8.18. The van der Waals surface area contributed by atoms with Crippen molar-refractivity contribution < 1.29 is 23.8 Å². The van der Waals surface area contributed by atoms with Crippen LogP contribution in [0.3, 0.4) is 0 Å². The zero-order valence-electron chi connectivity index (χ0n) is 14.4. The van der Waals surface area contributed by atoms with Crippen molar-refractivity contribution >= 4 is 28.5 Å². The van der Waals surface area contributed by atoms with Crippen molar-refractivity contribution in [3.8, 4) is 5.88 Å². The molecule has 0 saturated carbocycles. The van der Waals surface area contributed by atoms with E-state index >= 15 is 0 Å². The van der Waals surface area contributed by atoms with Gasteiger partial charge in [-0.15, -0.1) is 10.2 Å². The third-order valence-corrected chi connectivity index (χ3v) is 3.82. The molecule has 3 rings (SSSR count). The molecular weight excluding hydrogens is 353 g/mol. The Kier molecular flexibility index (Phi) is 5.25. The summed E-state index contributed by atoms with van der Waals surface area (Å²) in [4.78, 5) is 23.9. The molecule has 0 atom stereocenters. The second-order valence-electron chi connectivity index (χ2n) is 5.60. The van der Waals surface area contributed by atoms with Crippen molar-refractivity contribution in [3.05, 3.63) is 59.9 Å². The summed E-state index contributed by atoms with van der Waals surface area (Å²) in [7, 11) is 0. The number of nitrogens with zero attached hydrogens (tertiary/aromatic N) is 3. The van der Waals surface area contributed by atoms with E-state index < -0.39 is 17.7 Å². The predicted octanol–water partition coefficient (Wildman–Crippen LogP) is 3.97. The molecule has 138 valence electrons. The number of aromatic hydroxyl groups is 1. The smallest absolute Gasteiger partial charge is 0.326 e. The Labute approximate surface area is 153 Å². The van der Waals surface area contributed by atoms with Gasteiger partial charge in [-0.25, -0.2) is 4.39 Å². The largest absolute Gasteiger partial charge is 0.493 e. The van der Waals surface area contributed by atoms with Crippen molar-refractivity contribution in [2.75, 3.05) is 6.61 Å². The van der Waals surface area contributed by atoms with E-state index in [2.05, 4.69) is 10.2 Å². The van der Waals surface area contributed by atoms with Crippen LogP contribution in [0.5, 0.6) is 5.88 Å². The number of esters is 1. The van der Waals surface area contributed by atoms with E-state index in [4.69, 9.17) is 4.74 Å². The van der Waals surface area contributed by atoms with Crippen LogP contribution < -0.4 is 0 Å². The first-order chi connectivity index (χ1) is 13.0. The summed E-state index contributed by atoms with van der Waals surface area (Å²) in [5.74, 6) is -2.16. The normalized spacial score (nSPS) is 11.2. The van der Waals surface area contributed by atoms with Gasteiger partial charge in [-0.1, -0.05) is 24.3 Å². The molecule has 8 heteroatoms. The number of azo groups is 1. The fraction of sp³-hybridized carbons (Fsp3) is 0.158. The molecule has 1 N–H and O–H groups in total. The molecule has 0 radical (unpaired) electrons. The summed E-state index contributed by atoms with van der Waals surface area (Å²) < 4.78 is 19.5. The molecule has 7 nitrogen and oxygen atoms in total. The summed E-state index contributed by atoms with van der Waals surface area (Å²) in [6.07, 6.45) is 0. The average molecular weight is 369 g/mol. The number of hydrogen-bond donors (Lipinski definition) is 1. The van der Waals surface area contributed by atoms with E-state index in [1.165, 1.54) is 22.8 Å². The Morgan fingerprint density at radius 1 is 1.19 bits per heavy atom. The van der Waals surface area contributed by atoms with Crippen LogP contribution in [0.4, 0.5) is 10.1 Å². The maximum absolute atomic E-state index is 13.2. The first-order valence-corrected chi connectivity index (χ1v) is 8.18. The summed E-state index contributed by atoms with van der Waals surface area (Å²) >= 11 is 0. The van der Waals surface area contributed by atoms with Gasteiger partial charge in [-0.05, 0) is 31.2 Å². The maximum atomic E-state index is 13.2. The molecule has 1 heterocycles. The fourth-order valence-electron chi connectivity index (χ4n) is 2.64. The lowest BCUT2D eigenvalue weighted by Crippen LogP contribution is -2.12. The van der Waals surface area contributed by atoms with Crippen molar-refractivity contribution in [2.45, 2.75) is 13.5 Å². The number of ether oxygens (including phenoxy) is 1. The number of fused-ring (bicyclic) bond motifs is 1. The second kappa shape index (κ2) is 7.77. The SMILES string of the molecule is CCOC(=O)Cn1c(O)c(N=NC(=O)c2cccc(F)c2)c2ccccc21. The highest BCUT2D eigenvalue weighted by atomic mass is 19.1. The molecule has 2 aromatic carbocycles. The number of hydrogen-bond acceptors (Lipinski definition) is 5. The topological polar surface area (TPSA) is 93.2 Å². The third kappa shape index (κ3) is 3.84. The van der Waals surface area contributed by atoms with Crippen molar-refractivity contribution in [1.29, 1.82) is 0 Å². The van der Waals surface area contributed by atoms with Gasteiger partial charge in [0.1, 0.15) is 12.4 Å². The number of aromatic nitrogens is 1. The molecule has 0 unspecified atom stereocenters. The second-order valence-corrected chi connectivity index (χ2v) is 5.60. The Hall–Kier alpha value is -3.55. The Morgan fingerprint density at radius 2 is 1.96 bits per heavy atom. The standard InChI is InChI=1S/C19H16FN3O4/c1-2-27-16(24)11-23-15-9-4-3-8-14(15)17(19(23)26)21-22-18(25)12-6-5-7-13(20)10-12/h3-10,26H,2,11H2,1H3. The van der Waals surface area contributed by atoms with E-state index in [1.807, 2.05) is 0 Å². The van der Waals surface area contributed by atoms with Crippen molar-refractivity contribution in [1.82, 2.24) is 4.57 Å². The lowest BCUT2D eigenvalue weighted by atomic mass is 10.2. The Bertz CT molecular complexity index is 1040. The highest BCUT2D eigenvalue weighted by Gasteiger charge is 2.19. The van der Waals surface area contributed by atoms with Gasteiger partial charge in [0.05, 0.1) is 12.1 Å². The number of carbonyl (C=O) groups is 2. The zero-order chi connectivity index (χ0) is 19.4. The molecule has 1 aromatic heterocycles. The van der Waals surface area contributed by atoms with Gasteiger partial charge >= 0.3 is 5.97 Å². The van der Waals surface area contributed by atoms with E-state index in [0.717, 1.165) is 6.07 Å². The lowest BCUT2D eigenvalue weighted by Gasteiger charge is -2.06. The van der Waals surface area contributed by atoms with Crippen LogP contribution in [0.15, 0.2) is 58.8 Å². The van der Waals surface area contributed by atoms with Gasteiger partial charge in [0.2, 0.25) is 5.88 Å². The molecule has 3 aromatic rings. The molecule has 0 spiro atoms. The summed E-state index contributed by atoms with van der Waals surface area (Å²) in [5.41, 5.74) is 0.614. The van der Waals surface area contributed by atoms with Crippen LogP contribution in [-0.4, -0.2) is 28.2 Å². The van der Waals surface area contributed by atoms with E-state index in [0.29, 0.717) is 10.9 Å². The van der Waals surface area contributed by atoms with Gasteiger partial charge in [-0.2, -0.15) is 0 Å². The molecule has 1 amide bonds. The summed E-state index contributed by atoms with van der Waals surface area (Å²) in [6, 6.07) is 11.9. The first kappa shape index (κ1) is 18.2. The minimum atomic E-state index is -0.754. The average Bonchev–Trinajstić information content (AvgIpc) is 2.91. The van der Waals surface area contributed by atoms with Crippen LogP contribution in [0, 0.1) is 5.82 Å². The van der Waals surface area contributed by atoms with E-state index in [9.17, 15) is 19.1 Å². The van der Waals surface area contributed by atoms with Gasteiger partial charge in [0.25, 0.3) is 5.91 Å². The zero-order valence-corrected chi connectivity index (χ0v) is 14.4.